The van der Waals surface area contributed by atoms with Gasteiger partial charge in [-0.3, -0.25) is 9.78 Å². The molecule has 12 heteroatoms. The average Bonchev–Trinajstić information content (AvgIpc) is 3.32. The lowest BCUT2D eigenvalue weighted by molar-refractivity contribution is -0.137. The summed E-state index contributed by atoms with van der Waals surface area (Å²) in [6.45, 7) is 1.29. The fraction of sp³-hybridized carbons (Fsp3) is 0.276. The van der Waals surface area contributed by atoms with Crippen LogP contribution in [0.5, 0.6) is 17.5 Å². The van der Waals surface area contributed by atoms with Crippen LogP contribution in [-0.4, -0.2) is 73.4 Å². The van der Waals surface area contributed by atoms with Crippen molar-refractivity contribution in [1.29, 1.82) is 0 Å². The summed E-state index contributed by atoms with van der Waals surface area (Å²) < 4.78 is 44.2. The highest BCUT2D eigenvalue weighted by Gasteiger charge is 2.34. The number of hydrogen-bond acceptors (Lipinski definition) is 8. The number of imidazole rings is 1. The first-order valence-electron chi connectivity index (χ1n) is 13.0. The molecule has 1 aliphatic rings. The molecular weight excluding hydrogens is 534 g/mol. The maximum atomic E-state index is 15.6. The quantitative estimate of drug-likeness (QED) is 0.325. The maximum absolute atomic E-state index is 15.6. The zero-order valence-electron chi connectivity index (χ0n) is 22.3. The lowest BCUT2D eigenvalue weighted by Gasteiger charge is -2.35. The molecule has 210 valence electrons. The van der Waals surface area contributed by atoms with Gasteiger partial charge in [0, 0.05) is 47.6 Å². The van der Waals surface area contributed by atoms with E-state index in [4.69, 9.17) is 9.47 Å². The van der Waals surface area contributed by atoms with Gasteiger partial charge in [0.1, 0.15) is 41.4 Å². The molecule has 10 nitrogen and oxygen atoms in total. The lowest BCUT2D eigenvalue weighted by Crippen LogP contribution is -2.46. The molecule has 5 aromatic rings. The predicted octanol–water partition coefficient (Wildman–Crippen LogP) is 4.39. The fourth-order valence-corrected chi connectivity index (χ4v) is 5.44. The molecule has 1 aliphatic heterocycles. The molecule has 41 heavy (non-hydrogen) atoms. The predicted molar refractivity (Wildman–Crippen MR) is 146 cm³/mol. The summed E-state index contributed by atoms with van der Waals surface area (Å²) in [6, 6.07) is 9.22. The molecule has 0 spiro atoms. The summed E-state index contributed by atoms with van der Waals surface area (Å²) in [6.07, 6.45) is 3.61. The first kappa shape index (κ1) is 26.5. The highest BCUT2D eigenvalue weighted by Crippen LogP contribution is 2.39. The Bertz CT molecular complexity index is 1760. The van der Waals surface area contributed by atoms with Gasteiger partial charge >= 0.3 is 6.01 Å². The average molecular weight is 561 g/mol. The van der Waals surface area contributed by atoms with Gasteiger partial charge in [-0.15, -0.1) is 0 Å². The third-order valence-corrected chi connectivity index (χ3v) is 7.32. The van der Waals surface area contributed by atoms with Crippen LogP contribution < -0.4 is 9.47 Å². The third kappa shape index (κ3) is 4.80. The second-order valence-electron chi connectivity index (χ2n) is 9.74. The van der Waals surface area contributed by atoms with Gasteiger partial charge in [0.05, 0.1) is 36.9 Å². The van der Waals surface area contributed by atoms with Gasteiger partial charge in [-0.05, 0) is 37.6 Å². The standard InChI is InChI=1S/C29H26F2N6O4/c1-16-35-24-13-34-23-12-21(30)19(18-5-4-17(10-26(18)40-2)41-29-32-7-3-8-33-29)11-20(23)28(24)37(16)25-6-9-36(14-22(25)31)27(39)15-38/h3-5,7-8,10-13,22,25,38H,6,9,14-15H2,1-2H3/t22-,25-/m0/s1. The number of aryl methyl sites for hydroxylation is 1. The molecule has 0 bridgehead atoms. The van der Waals surface area contributed by atoms with Crippen LogP contribution in [0.1, 0.15) is 18.3 Å². The highest BCUT2D eigenvalue weighted by atomic mass is 19.1. The van der Waals surface area contributed by atoms with Crippen molar-refractivity contribution >= 4 is 27.8 Å². The van der Waals surface area contributed by atoms with Crippen LogP contribution in [0.3, 0.4) is 0 Å². The van der Waals surface area contributed by atoms with E-state index in [-0.39, 0.29) is 18.1 Å². The number of fused-ring (bicyclic) bond motifs is 3. The Morgan fingerprint density at radius 2 is 1.93 bits per heavy atom. The fourth-order valence-electron chi connectivity index (χ4n) is 5.44. The van der Waals surface area contributed by atoms with E-state index in [1.807, 2.05) is 4.57 Å². The van der Waals surface area contributed by atoms with Crippen LogP contribution in [0.25, 0.3) is 33.1 Å². The Morgan fingerprint density at radius 1 is 1.12 bits per heavy atom. The molecule has 0 aliphatic carbocycles. The van der Waals surface area contributed by atoms with Gasteiger partial charge in [-0.2, -0.15) is 0 Å². The van der Waals surface area contributed by atoms with Crippen molar-refractivity contribution in [1.82, 2.24) is 29.4 Å². The van der Waals surface area contributed by atoms with Gasteiger partial charge in [0.25, 0.3) is 0 Å². The summed E-state index contributed by atoms with van der Waals surface area (Å²) >= 11 is 0. The molecule has 3 aromatic heterocycles. The summed E-state index contributed by atoms with van der Waals surface area (Å²) in [5.41, 5.74) is 2.31. The number of carbonyl (C=O) groups excluding carboxylic acids is 1. The molecule has 1 amide bonds. The number of likely N-dealkylation sites (tertiary alicyclic amines) is 1. The number of ether oxygens (including phenoxy) is 2. The van der Waals surface area contributed by atoms with Gasteiger partial charge in [-0.1, -0.05) is 0 Å². The van der Waals surface area contributed by atoms with Crippen molar-refractivity contribution in [2.75, 3.05) is 26.8 Å². The van der Waals surface area contributed by atoms with Crippen LogP contribution in [0.4, 0.5) is 8.78 Å². The Morgan fingerprint density at radius 3 is 2.66 bits per heavy atom. The minimum atomic E-state index is -1.39. The van der Waals surface area contributed by atoms with Crippen molar-refractivity contribution in [3.63, 3.8) is 0 Å². The summed E-state index contributed by atoms with van der Waals surface area (Å²) in [5, 5.41) is 9.80. The number of alkyl halides is 1. The molecule has 4 heterocycles. The minimum absolute atomic E-state index is 0.133. The number of aromatic nitrogens is 5. The number of nitrogens with zero attached hydrogens (tertiary/aromatic N) is 6. The van der Waals surface area contributed by atoms with E-state index in [9.17, 15) is 9.90 Å². The van der Waals surface area contributed by atoms with Crippen molar-refractivity contribution in [3.8, 4) is 28.6 Å². The number of carbonyl (C=O) groups is 1. The molecule has 0 unspecified atom stereocenters. The SMILES string of the molecule is COc1cc(Oc2ncccn2)ccc1-c1cc2c(cc1F)ncc1nc(C)n([C@H]3CCN(C(=O)CO)C[C@@H]3F)c12. The zero-order valence-corrected chi connectivity index (χ0v) is 22.3. The van der Waals surface area contributed by atoms with E-state index in [1.54, 1.807) is 55.8 Å². The summed E-state index contributed by atoms with van der Waals surface area (Å²) in [4.78, 5) is 30.4. The van der Waals surface area contributed by atoms with Crippen molar-refractivity contribution in [2.24, 2.45) is 0 Å². The van der Waals surface area contributed by atoms with Crippen LogP contribution in [-0.2, 0) is 4.79 Å². The van der Waals surface area contributed by atoms with Gasteiger partial charge in [0.15, 0.2) is 0 Å². The number of rotatable bonds is 6. The molecule has 1 N–H and O–H groups in total. The first-order chi connectivity index (χ1) is 19.9. The van der Waals surface area contributed by atoms with Crippen LogP contribution in [0.15, 0.2) is 55.0 Å². The summed E-state index contributed by atoms with van der Waals surface area (Å²) in [7, 11) is 1.48. The number of aliphatic hydroxyl groups excluding tert-OH is 1. The second kappa shape index (κ2) is 10.7. The van der Waals surface area contributed by atoms with Gasteiger partial charge < -0.3 is 24.0 Å². The molecule has 2 aromatic carbocycles. The Hall–Kier alpha value is -4.71. The first-order valence-corrected chi connectivity index (χ1v) is 13.0. The number of pyridine rings is 1. The number of hydrogen-bond donors (Lipinski definition) is 1. The minimum Gasteiger partial charge on any atom is -0.496 e. The lowest BCUT2D eigenvalue weighted by atomic mass is 9.99. The van der Waals surface area contributed by atoms with Crippen molar-refractivity contribution in [2.45, 2.75) is 25.6 Å². The smallest absolute Gasteiger partial charge is 0.321 e. The normalized spacial score (nSPS) is 17.2. The third-order valence-electron chi connectivity index (χ3n) is 7.32. The molecule has 1 saturated heterocycles. The van der Waals surface area contributed by atoms with Crippen molar-refractivity contribution in [3.05, 3.63) is 66.6 Å². The zero-order chi connectivity index (χ0) is 28.7. The number of methoxy groups -OCH3 is 1. The molecule has 0 radical (unpaired) electrons. The van der Waals surface area contributed by atoms with Gasteiger partial charge in [-0.25, -0.2) is 23.7 Å². The number of halogens is 2. The van der Waals surface area contributed by atoms with E-state index >= 15 is 8.78 Å². The topological polar surface area (TPSA) is 115 Å². The number of aliphatic hydroxyl groups is 1. The van der Waals surface area contributed by atoms with E-state index in [1.165, 1.54) is 18.1 Å². The largest absolute Gasteiger partial charge is 0.496 e. The van der Waals surface area contributed by atoms with Crippen LogP contribution >= 0.6 is 0 Å². The Kier molecular flexibility index (Phi) is 6.91. The molecule has 1 fully saturated rings. The second-order valence-corrected chi connectivity index (χ2v) is 9.74. The maximum Gasteiger partial charge on any atom is 0.321 e. The Labute approximate surface area is 233 Å². The number of amides is 1. The highest BCUT2D eigenvalue weighted by molar-refractivity contribution is 6.04. The van der Waals surface area contributed by atoms with Crippen molar-refractivity contribution < 1.29 is 28.2 Å². The van der Waals surface area contributed by atoms with E-state index in [0.29, 0.717) is 57.8 Å². The summed E-state index contributed by atoms with van der Waals surface area (Å²) in [5.74, 6) is 0.346. The number of benzene rings is 2. The number of piperidine rings is 1. The molecule has 6 rings (SSSR count). The van der Waals surface area contributed by atoms with E-state index in [2.05, 4.69) is 19.9 Å². The molecule has 0 saturated carbocycles. The van der Waals surface area contributed by atoms with Crippen LogP contribution in [0, 0.1) is 12.7 Å². The van der Waals surface area contributed by atoms with E-state index < -0.39 is 30.5 Å². The molecule has 2 atom stereocenters. The van der Waals surface area contributed by atoms with Crippen LogP contribution in [0.2, 0.25) is 0 Å². The monoisotopic (exact) mass is 560 g/mol. The van der Waals surface area contributed by atoms with E-state index in [0.717, 1.165) is 0 Å². The Balaban J connectivity index is 1.44. The molecular formula is C29H26F2N6O4. The van der Waals surface area contributed by atoms with Gasteiger partial charge in [0.2, 0.25) is 5.91 Å².